The van der Waals surface area contributed by atoms with Crippen LogP contribution < -0.4 is 0 Å². The van der Waals surface area contributed by atoms with Crippen LogP contribution in [-0.2, 0) is 32.3 Å². The molecule has 0 aromatic carbocycles. The zero-order valence-electron chi connectivity index (χ0n) is 25.9. The van der Waals surface area contributed by atoms with Crippen molar-refractivity contribution in [3.63, 3.8) is 0 Å². The highest BCUT2D eigenvalue weighted by Crippen LogP contribution is 2.78. The number of hydrogen-bond acceptors (Lipinski definition) is 7. The van der Waals surface area contributed by atoms with Crippen LogP contribution in [-0.4, -0.2) is 67.9 Å². The lowest BCUT2D eigenvalue weighted by atomic mass is 9.58. The summed E-state index contributed by atoms with van der Waals surface area (Å²) in [4.78, 5) is 28.2. The summed E-state index contributed by atoms with van der Waals surface area (Å²) in [6.45, 7) is 26.1. The monoisotopic (exact) mass is 594 g/mol. The van der Waals surface area contributed by atoms with Gasteiger partial charge in [0.1, 0.15) is 5.60 Å². The molecule has 0 aromatic heterocycles. The number of allylic oxidation sites excluding steroid dienone is 1. The Morgan fingerprint density at radius 1 is 0.897 bits per heavy atom. The summed E-state index contributed by atoms with van der Waals surface area (Å²) in [6, 6.07) is 0. The first-order chi connectivity index (χ1) is 17.7. The molecule has 5 fully saturated rings. The van der Waals surface area contributed by atoms with Crippen molar-refractivity contribution in [2.45, 2.75) is 115 Å². The van der Waals surface area contributed by atoms with Gasteiger partial charge < -0.3 is 22.8 Å². The Labute approximate surface area is 238 Å². The molecular formula is C29H50O7Si3. The fourth-order valence-corrected chi connectivity index (χ4v) is 13.0. The third-order valence-electron chi connectivity index (χ3n) is 10.0. The van der Waals surface area contributed by atoms with Gasteiger partial charge in [-0.25, -0.2) is 0 Å². The summed E-state index contributed by atoms with van der Waals surface area (Å²) in [5.74, 6) is -1.17. The van der Waals surface area contributed by atoms with Crippen molar-refractivity contribution in [1.82, 2.24) is 0 Å². The summed E-state index contributed by atoms with van der Waals surface area (Å²) in [5.41, 5.74) is -1.12. The molecule has 7 nitrogen and oxygen atoms in total. The van der Waals surface area contributed by atoms with Crippen molar-refractivity contribution in [3.05, 3.63) is 12.2 Å². The summed E-state index contributed by atoms with van der Waals surface area (Å²) in [6.07, 6.45) is 2.13. The fourth-order valence-electron chi connectivity index (χ4n) is 9.55. The van der Waals surface area contributed by atoms with Gasteiger partial charge in [0, 0.05) is 18.3 Å². The summed E-state index contributed by atoms with van der Waals surface area (Å²) >= 11 is 0. The van der Waals surface area contributed by atoms with Crippen molar-refractivity contribution in [2.75, 3.05) is 7.11 Å². The van der Waals surface area contributed by atoms with E-state index in [1.807, 2.05) is 6.92 Å². The third kappa shape index (κ3) is 4.42. The van der Waals surface area contributed by atoms with Crippen LogP contribution in [0.3, 0.4) is 0 Å². The maximum absolute atomic E-state index is 14.3. The molecule has 0 amide bonds. The van der Waals surface area contributed by atoms with E-state index in [-0.39, 0.29) is 36.0 Å². The molecule has 10 heteroatoms. The van der Waals surface area contributed by atoms with Gasteiger partial charge in [0.15, 0.2) is 25.0 Å². The minimum atomic E-state index is -2.12. The molecule has 39 heavy (non-hydrogen) atoms. The Bertz CT molecular complexity index is 1070. The second kappa shape index (κ2) is 8.86. The van der Waals surface area contributed by atoms with Gasteiger partial charge in [-0.1, -0.05) is 12.2 Å². The Balaban J connectivity index is 1.76. The molecule has 1 spiro atoms. The molecule has 220 valence electrons. The van der Waals surface area contributed by atoms with E-state index in [1.165, 1.54) is 12.7 Å². The lowest BCUT2D eigenvalue weighted by Crippen LogP contribution is -2.64. The SMILES string of the molecule is C=C1C[C@]23C[C@H]1C[C@H](O[Si](C)(C)C)C2[C@@]12C[C@H](O[Si](C)(C)C)[C@H](O[Si](C)(C)C)C(C)(C(=O)O1)C2[C@@H]3C(=O)OC. The molecule has 0 aromatic rings. The number of esters is 2. The van der Waals surface area contributed by atoms with Gasteiger partial charge >= 0.3 is 11.9 Å². The van der Waals surface area contributed by atoms with Crippen molar-refractivity contribution in [2.24, 2.45) is 34.5 Å². The number of hydrogen-bond donors (Lipinski definition) is 0. The van der Waals surface area contributed by atoms with E-state index in [2.05, 4.69) is 65.5 Å². The summed E-state index contributed by atoms with van der Waals surface area (Å²) < 4.78 is 33.1. The van der Waals surface area contributed by atoms with Crippen molar-refractivity contribution in [1.29, 1.82) is 0 Å². The topological polar surface area (TPSA) is 80.3 Å². The van der Waals surface area contributed by atoms with E-state index in [0.717, 1.165) is 19.3 Å². The molecule has 10 atom stereocenters. The standard InChI is InChI=1S/C29H50O7Si3/c1-17-14-28-15-18(17)13-19(34-37(4,5)6)22(28)29-16-20(35-38(7,8)9)24(36-39(10,11)12)27(2,26(31)33-29)23(29)21(28)25(30)32-3/h18-24H,1,13-16H2,2-12H3/t18-,19+,20+,21-,22?,23?,24+,27?,28-,29-/m1/s1. The van der Waals surface area contributed by atoms with E-state index in [1.54, 1.807) is 0 Å². The minimum Gasteiger partial charge on any atom is -0.469 e. The first kappa shape index (κ1) is 29.7. The number of carbonyl (C=O) groups excluding carboxylic acids is 2. The van der Waals surface area contributed by atoms with Crippen LogP contribution in [0, 0.1) is 34.5 Å². The number of carbonyl (C=O) groups is 2. The normalized spacial score (nSPS) is 45.2. The van der Waals surface area contributed by atoms with Crippen molar-refractivity contribution < 1.29 is 32.3 Å². The first-order valence-corrected chi connectivity index (χ1v) is 24.9. The number of fused-ring (bicyclic) bond motifs is 1. The predicted octanol–water partition coefficient (Wildman–Crippen LogP) is 5.74. The molecule has 4 aliphatic carbocycles. The van der Waals surface area contributed by atoms with Gasteiger partial charge in [-0.3, -0.25) is 9.59 Å². The average Bonchev–Trinajstić information content (AvgIpc) is 3.21. The quantitative estimate of drug-likeness (QED) is 0.211. The highest BCUT2D eigenvalue weighted by atomic mass is 28.4. The Kier molecular flexibility index (Phi) is 6.75. The molecule has 3 unspecified atom stereocenters. The zero-order valence-corrected chi connectivity index (χ0v) is 28.9. The maximum Gasteiger partial charge on any atom is 0.315 e. The van der Waals surface area contributed by atoms with Gasteiger partial charge in [-0.15, -0.1) is 0 Å². The van der Waals surface area contributed by atoms with E-state index < -0.39 is 53.4 Å². The van der Waals surface area contributed by atoms with E-state index >= 15 is 0 Å². The third-order valence-corrected chi connectivity index (χ3v) is 13.0. The van der Waals surface area contributed by atoms with Crippen LogP contribution in [0.2, 0.25) is 58.9 Å². The molecule has 0 N–H and O–H groups in total. The second-order valence-corrected chi connectivity index (χ2v) is 29.6. The zero-order chi connectivity index (χ0) is 29.1. The lowest BCUT2D eigenvalue weighted by Gasteiger charge is -2.53. The van der Waals surface area contributed by atoms with Crippen molar-refractivity contribution >= 4 is 36.9 Å². The molecular weight excluding hydrogens is 545 g/mol. The largest absolute Gasteiger partial charge is 0.469 e. The lowest BCUT2D eigenvalue weighted by molar-refractivity contribution is -0.169. The first-order valence-electron chi connectivity index (χ1n) is 14.7. The predicted molar refractivity (Wildman–Crippen MR) is 158 cm³/mol. The van der Waals surface area contributed by atoms with Crippen LogP contribution in [0.1, 0.15) is 32.6 Å². The summed E-state index contributed by atoms with van der Waals surface area (Å²) in [5, 5.41) is 0. The molecule has 5 aliphatic rings. The fraction of sp³-hybridized carbons (Fsp3) is 0.862. The van der Waals surface area contributed by atoms with E-state index in [0.29, 0.717) is 12.3 Å². The minimum absolute atomic E-state index is 0.107. The van der Waals surface area contributed by atoms with Crippen LogP contribution >= 0.6 is 0 Å². The molecule has 0 radical (unpaired) electrons. The Morgan fingerprint density at radius 3 is 2.00 bits per heavy atom. The van der Waals surface area contributed by atoms with Crippen molar-refractivity contribution in [3.8, 4) is 0 Å². The molecule has 1 heterocycles. The second-order valence-electron chi connectivity index (χ2n) is 16.2. The van der Waals surface area contributed by atoms with Gasteiger partial charge in [-0.05, 0) is 96.4 Å². The number of methoxy groups -OCH3 is 1. The highest BCUT2D eigenvalue weighted by Gasteiger charge is 2.86. The van der Waals surface area contributed by atoms with E-state index in [4.69, 9.17) is 22.8 Å². The number of rotatable bonds is 7. The van der Waals surface area contributed by atoms with Gasteiger partial charge in [0.2, 0.25) is 0 Å². The Morgan fingerprint density at radius 2 is 1.46 bits per heavy atom. The van der Waals surface area contributed by atoms with Crippen LogP contribution in [0.4, 0.5) is 0 Å². The highest BCUT2D eigenvalue weighted by molar-refractivity contribution is 6.70. The molecule has 1 saturated heterocycles. The van der Waals surface area contributed by atoms with Gasteiger partial charge in [0.25, 0.3) is 0 Å². The molecule has 4 saturated carbocycles. The van der Waals surface area contributed by atoms with E-state index in [9.17, 15) is 9.59 Å². The molecule has 4 bridgehead atoms. The average molecular weight is 595 g/mol. The van der Waals surface area contributed by atoms with Gasteiger partial charge in [0.05, 0.1) is 36.8 Å². The van der Waals surface area contributed by atoms with Crippen LogP contribution in [0.15, 0.2) is 12.2 Å². The maximum atomic E-state index is 14.3. The van der Waals surface area contributed by atoms with Crippen LogP contribution in [0.25, 0.3) is 0 Å². The molecule has 1 aliphatic heterocycles. The summed E-state index contributed by atoms with van der Waals surface area (Å²) in [7, 11) is -4.65. The Hall–Kier alpha value is -0.789. The number of ether oxygens (including phenoxy) is 2. The smallest absolute Gasteiger partial charge is 0.315 e. The molecule has 5 rings (SSSR count). The van der Waals surface area contributed by atoms with Gasteiger partial charge in [-0.2, -0.15) is 0 Å². The van der Waals surface area contributed by atoms with Crippen LogP contribution in [0.5, 0.6) is 0 Å².